The standard InChI is InChI=1S/C29H29ClF3N9O2/c1-29(44)15-40(16-29)14-19-3-2-6-42(19)28-35-7-17(8-36-28)12-41-13-18(9-37-41)38-27(43)23-11-34-10-22(39-23)24-20(26(32)33)4-5-21(30)25(24)31/h4-5,7-11,13,19,26,44H,2-3,6,12,14-16H2,1H3,(H,38,43). The number of carbonyl (C=O) groups excluding carboxylic acids is 1. The van der Waals surface area contributed by atoms with Gasteiger partial charge in [-0.1, -0.05) is 17.7 Å². The molecule has 2 aliphatic rings. The van der Waals surface area contributed by atoms with Crippen LogP contribution in [0.2, 0.25) is 5.02 Å². The number of amides is 1. The number of likely N-dealkylation sites (tertiary alicyclic amines) is 1. The Kier molecular flexibility index (Phi) is 8.22. The Balaban J connectivity index is 1.09. The molecule has 1 aromatic carbocycles. The highest BCUT2D eigenvalue weighted by atomic mass is 35.5. The zero-order chi connectivity index (χ0) is 31.0. The molecule has 1 atom stereocenters. The van der Waals surface area contributed by atoms with Crippen molar-refractivity contribution >= 4 is 29.1 Å². The molecule has 0 spiro atoms. The van der Waals surface area contributed by atoms with Gasteiger partial charge in [0.05, 0.1) is 47.1 Å². The molecule has 0 bridgehead atoms. The van der Waals surface area contributed by atoms with Crippen molar-refractivity contribution in [2.75, 3.05) is 36.4 Å². The molecule has 2 saturated heterocycles. The van der Waals surface area contributed by atoms with E-state index in [9.17, 15) is 23.1 Å². The first-order chi connectivity index (χ1) is 21.1. The molecule has 0 aliphatic carbocycles. The van der Waals surface area contributed by atoms with Gasteiger partial charge in [-0.05, 0) is 25.8 Å². The van der Waals surface area contributed by atoms with E-state index in [0.717, 1.165) is 56.0 Å². The molecule has 0 saturated carbocycles. The summed E-state index contributed by atoms with van der Waals surface area (Å²) in [6.45, 7) is 5.30. The predicted molar refractivity (Wildman–Crippen MR) is 156 cm³/mol. The van der Waals surface area contributed by atoms with E-state index < -0.39 is 34.9 Å². The lowest BCUT2D eigenvalue weighted by molar-refractivity contribution is -0.0846. The SMILES string of the molecule is CC1(O)CN(CC2CCCN2c2ncc(Cn3cc(NC(=O)c4cncc(-c5c(C(F)F)ccc(Cl)c5F)n4)cn3)cn2)C1. The van der Waals surface area contributed by atoms with E-state index in [-0.39, 0.29) is 16.4 Å². The highest BCUT2D eigenvalue weighted by Gasteiger charge is 2.39. The Hall–Kier alpha value is -4.14. The van der Waals surface area contributed by atoms with Crippen LogP contribution in [0.15, 0.2) is 49.3 Å². The van der Waals surface area contributed by atoms with E-state index in [0.29, 0.717) is 37.3 Å². The minimum atomic E-state index is -2.99. The Bertz CT molecular complexity index is 1660. The van der Waals surface area contributed by atoms with Crippen molar-refractivity contribution in [1.82, 2.24) is 34.6 Å². The fourth-order valence-electron chi connectivity index (χ4n) is 5.71. The Morgan fingerprint density at radius 2 is 1.95 bits per heavy atom. The van der Waals surface area contributed by atoms with Crippen LogP contribution in [0, 0.1) is 5.82 Å². The average Bonchev–Trinajstić information content (AvgIpc) is 3.63. The number of nitrogens with one attached hydrogen (secondary N) is 1. The largest absolute Gasteiger partial charge is 0.388 e. The van der Waals surface area contributed by atoms with E-state index in [1.807, 2.05) is 6.92 Å². The lowest BCUT2D eigenvalue weighted by Gasteiger charge is -2.46. The van der Waals surface area contributed by atoms with Gasteiger partial charge in [0.2, 0.25) is 5.95 Å². The Morgan fingerprint density at radius 1 is 1.18 bits per heavy atom. The molecule has 2 aliphatic heterocycles. The molecule has 5 heterocycles. The van der Waals surface area contributed by atoms with Crippen LogP contribution >= 0.6 is 11.6 Å². The summed E-state index contributed by atoms with van der Waals surface area (Å²) in [5.41, 5.74) is -1.02. The van der Waals surface area contributed by atoms with Crippen LogP contribution in [-0.4, -0.2) is 83.5 Å². The van der Waals surface area contributed by atoms with Crippen LogP contribution in [0.3, 0.4) is 0 Å². The maximum atomic E-state index is 14.7. The highest BCUT2D eigenvalue weighted by molar-refractivity contribution is 6.31. The smallest absolute Gasteiger partial charge is 0.275 e. The van der Waals surface area contributed by atoms with Gasteiger partial charge in [-0.2, -0.15) is 5.10 Å². The van der Waals surface area contributed by atoms with Crippen LogP contribution < -0.4 is 10.2 Å². The second-order valence-electron chi connectivity index (χ2n) is 11.3. The Morgan fingerprint density at radius 3 is 2.68 bits per heavy atom. The van der Waals surface area contributed by atoms with E-state index in [4.69, 9.17) is 11.6 Å². The van der Waals surface area contributed by atoms with Gasteiger partial charge in [0, 0.05) is 67.5 Å². The zero-order valence-electron chi connectivity index (χ0n) is 23.7. The quantitative estimate of drug-likeness (QED) is 0.281. The minimum absolute atomic E-state index is 0.210. The minimum Gasteiger partial charge on any atom is -0.388 e. The van der Waals surface area contributed by atoms with Crippen molar-refractivity contribution in [2.45, 2.75) is 44.4 Å². The summed E-state index contributed by atoms with van der Waals surface area (Å²) in [5, 5.41) is 16.6. The van der Waals surface area contributed by atoms with Gasteiger partial charge in [0.25, 0.3) is 12.3 Å². The molecule has 1 amide bonds. The molecule has 4 aromatic rings. The molecule has 6 rings (SSSR count). The third-order valence-electron chi connectivity index (χ3n) is 7.64. The number of anilines is 2. The van der Waals surface area contributed by atoms with Crippen molar-refractivity contribution in [3.63, 3.8) is 0 Å². The number of aromatic nitrogens is 6. The summed E-state index contributed by atoms with van der Waals surface area (Å²) in [6, 6.07) is 2.35. The van der Waals surface area contributed by atoms with Crippen molar-refractivity contribution in [1.29, 1.82) is 0 Å². The molecular weight excluding hydrogens is 599 g/mol. The lowest BCUT2D eigenvalue weighted by atomic mass is 9.96. The van der Waals surface area contributed by atoms with Gasteiger partial charge in [-0.3, -0.25) is 19.4 Å². The molecule has 3 aromatic heterocycles. The first-order valence-corrected chi connectivity index (χ1v) is 14.4. The first-order valence-electron chi connectivity index (χ1n) is 14.0. The van der Waals surface area contributed by atoms with Gasteiger partial charge >= 0.3 is 0 Å². The van der Waals surface area contributed by atoms with Crippen LogP contribution in [0.1, 0.15) is 47.8 Å². The van der Waals surface area contributed by atoms with Gasteiger partial charge in [-0.25, -0.2) is 28.1 Å². The van der Waals surface area contributed by atoms with Crippen molar-refractivity contribution in [3.8, 4) is 11.3 Å². The van der Waals surface area contributed by atoms with E-state index in [1.165, 1.54) is 6.20 Å². The molecule has 230 valence electrons. The molecule has 44 heavy (non-hydrogen) atoms. The van der Waals surface area contributed by atoms with Gasteiger partial charge < -0.3 is 15.3 Å². The maximum Gasteiger partial charge on any atom is 0.275 e. The summed E-state index contributed by atoms with van der Waals surface area (Å²) >= 11 is 5.81. The van der Waals surface area contributed by atoms with Gasteiger partial charge in [-0.15, -0.1) is 0 Å². The Labute approximate surface area is 255 Å². The summed E-state index contributed by atoms with van der Waals surface area (Å²) in [7, 11) is 0. The maximum absolute atomic E-state index is 14.7. The summed E-state index contributed by atoms with van der Waals surface area (Å²) in [5.74, 6) is -1.09. The normalized spacial score (nSPS) is 18.1. The monoisotopic (exact) mass is 627 g/mol. The summed E-state index contributed by atoms with van der Waals surface area (Å²) in [4.78, 5) is 34.5. The van der Waals surface area contributed by atoms with E-state index >= 15 is 0 Å². The number of aliphatic hydroxyl groups is 1. The van der Waals surface area contributed by atoms with E-state index in [2.05, 4.69) is 40.2 Å². The highest BCUT2D eigenvalue weighted by Crippen LogP contribution is 2.35. The van der Waals surface area contributed by atoms with Crippen LogP contribution in [0.5, 0.6) is 0 Å². The number of alkyl halides is 2. The molecule has 0 radical (unpaired) electrons. The number of halogens is 4. The molecule has 1 unspecified atom stereocenters. The fraction of sp³-hybridized carbons (Fsp3) is 0.379. The van der Waals surface area contributed by atoms with Crippen LogP contribution in [0.25, 0.3) is 11.3 Å². The predicted octanol–water partition coefficient (Wildman–Crippen LogP) is 4.20. The number of hydrogen-bond acceptors (Lipinski definition) is 9. The zero-order valence-corrected chi connectivity index (χ0v) is 24.4. The number of nitrogens with zero attached hydrogens (tertiary/aromatic N) is 8. The number of benzene rings is 1. The molecular formula is C29H29ClF3N9O2. The second kappa shape index (κ2) is 12.1. The first kappa shape index (κ1) is 29.9. The van der Waals surface area contributed by atoms with Crippen LogP contribution in [0.4, 0.5) is 24.8 Å². The van der Waals surface area contributed by atoms with Crippen molar-refractivity contribution in [2.24, 2.45) is 0 Å². The summed E-state index contributed by atoms with van der Waals surface area (Å²) in [6.07, 6.45) is 7.89. The van der Waals surface area contributed by atoms with Crippen molar-refractivity contribution < 1.29 is 23.1 Å². The number of carbonyl (C=O) groups is 1. The number of rotatable bonds is 9. The molecule has 15 heteroatoms. The number of β-amino-alcohol motifs (C(OH)–C–C–N with tert-alkyl or cyclic N) is 1. The average molecular weight is 628 g/mol. The fourth-order valence-corrected chi connectivity index (χ4v) is 5.87. The molecule has 11 nitrogen and oxygen atoms in total. The third kappa shape index (κ3) is 6.37. The van der Waals surface area contributed by atoms with Gasteiger partial charge in [0.1, 0.15) is 5.69 Å². The van der Waals surface area contributed by atoms with E-state index in [1.54, 1.807) is 23.3 Å². The van der Waals surface area contributed by atoms with Crippen molar-refractivity contribution in [3.05, 3.63) is 77.0 Å². The molecule has 2 fully saturated rings. The summed E-state index contributed by atoms with van der Waals surface area (Å²) < 4.78 is 43.4. The van der Waals surface area contributed by atoms with Crippen LogP contribution in [-0.2, 0) is 6.54 Å². The van der Waals surface area contributed by atoms with Gasteiger partial charge in [0.15, 0.2) is 5.82 Å². The molecule has 2 N–H and O–H groups in total. The second-order valence-corrected chi connectivity index (χ2v) is 11.8. The third-order valence-corrected chi connectivity index (χ3v) is 7.94. The topological polar surface area (TPSA) is 125 Å². The lowest BCUT2D eigenvalue weighted by Crippen LogP contribution is -2.62. The number of hydrogen-bond donors (Lipinski definition) is 2.